The molecule has 0 bridgehead atoms. The highest BCUT2D eigenvalue weighted by atomic mass is 79.9. The van der Waals surface area contributed by atoms with E-state index in [-0.39, 0.29) is 12.1 Å². The summed E-state index contributed by atoms with van der Waals surface area (Å²) in [5.41, 5.74) is -0.426. The molecule has 1 rings (SSSR count). The molecule has 106 valence electrons. The second-order valence-electron chi connectivity index (χ2n) is 5.62. The molecule has 0 unspecified atom stereocenters. The van der Waals surface area contributed by atoms with Crippen molar-refractivity contribution >= 4 is 22.0 Å². The van der Waals surface area contributed by atoms with Crippen LogP contribution in [-0.4, -0.2) is 29.2 Å². The Morgan fingerprint density at radius 2 is 2.26 bits per heavy atom. The quantitative estimate of drug-likeness (QED) is 0.715. The Bertz CT molecular complexity index is 387. The molecule has 0 spiro atoms. The van der Waals surface area contributed by atoms with Gasteiger partial charge < -0.3 is 9.64 Å². The molecule has 4 heteroatoms. The molecule has 1 amide bonds. The van der Waals surface area contributed by atoms with E-state index >= 15 is 0 Å². The molecule has 0 N–H and O–H groups in total. The van der Waals surface area contributed by atoms with Crippen molar-refractivity contribution in [3.05, 3.63) is 11.1 Å². The van der Waals surface area contributed by atoms with E-state index in [0.717, 1.165) is 32.2 Å². The van der Waals surface area contributed by atoms with Crippen molar-refractivity contribution in [2.24, 2.45) is 0 Å². The van der Waals surface area contributed by atoms with Gasteiger partial charge in [-0.25, -0.2) is 4.79 Å². The Labute approximate surface area is 124 Å². The number of ether oxygens (including phenoxy) is 1. The summed E-state index contributed by atoms with van der Waals surface area (Å²) in [6, 6.07) is 0.275. The minimum absolute atomic E-state index is 0.191. The molecule has 1 aliphatic rings. The Morgan fingerprint density at radius 1 is 1.53 bits per heavy atom. The maximum absolute atomic E-state index is 12.1. The molecule has 0 radical (unpaired) electrons. The molecule has 0 aromatic rings. The molecule has 1 atom stereocenters. The molecule has 1 saturated heterocycles. The van der Waals surface area contributed by atoms with Gasteiger partial charge in [0, 0.05) is 19.0 Å². The van der Waals surface area contributed by atoms with E-state index in [1.54, 1.807) is 11.1 Å². The van der Waals surface area contributed by atoms with Gasteiger partial charge in [-0.05, 0) is 51.1 Å². The van der Waals surface area contributed by atoms with E-state index < -0.39 is 5.60 Å². The molecular weight excluding hydrogens is 306 g/mol. The van der Waals surface area contributed by atoms with Gasteiger partial charge in [0.05, 0.1) is 0 Å². The summed E-state index contributed by atoms with van der Waals surface area (Å²) in [6.07, 6.45) is 5.40. The van der Waals surface area contributed by atoms with Crippen LogP contribution in [-0.2, 0) is 4.74 Å². The third-order valence-corrected chi connectivity index (χ3v) is 3.12. The maximum atomic E-state index is 12.1. The lowest BCUT2D eigenvalue weighted by Crippen LogP contribution is -2.39. The third-order valence-electron chi connectivity index (χ3n) is 2.86. The fourth-order valence-corrected chi connectivity index (χ4v) is 2.23. The number of carbonyl (C=O) groups excluding carboxylic acids is 1. The van der Waals surface area contributed by atoms with Gasteiger partial charge >= 0.3 is 6.09 Å². The molecule has 0 saturated carbocycles. The molecule has 19 heavy (non-hydrogen) atoms. The summed E-state index contributed by atoms with van der Waals surface area (Å²) in [7, 11) is 0. The van der Waals surface area contributed by atoms with Crippen LogP contribution in [0.15, 0.2) is 11.1 Å². The monoisotopic (exact) mass is 327 g/mol. The molecular formula is C15H22BrNO2. The van der Waals surface area contributed by atoms with E-state index in [9.17, 15) is 4.79 Å². The first kappa shape index (κ1) is 16.1. The Hall–Kier alpha value is -0.950. The topological polar surface area (TPSA) is 29.5 Å². The van der Waals surface area contributed by atoms with Crippen molar-refractivity contribution in [3.63, 3.8) is 0 Å². The molecule has 1 fully saturated rings. The van der Waals surface area contributed by atoms with Crippen LogP contribution in [0.1, 0.15) is 46.5 Å². The Kier molecular flexibility index (Phi) is 6.44. The fourth-order valence-electron chi connectivity index (χ4n) is 2.10. The molecule has 0 aliphatic carbocycles. The van der Waals surface area contributed by atoms with E-state index in [1.165, 1.54) is 0 Å². The summed E-state index contributed by atoms with van der Waals surface area (Å²) in [5.74, 6) is 6.00. The van der Waals surface area contributed by atoms with Crippen LogP contribution in [0.2, 0.25) is 0 Å². The largest absolute Gasteiger partial charge is 0.444 e. The second-order valence-corrected chi connectivity index (χ2v) is 6.15. The maximum Gasteiger partial charge on any atom is 0.410 e. The summed E-state index contributed by atoms with van der Waals surface area (Å²) < 4.78 is 5.43. The fraction of sp³-hybridized carbons (Fsp3) is 0.667. The first-order chi connectivity index (χ1) is 8.94. The van der Waals surface area contributed by atoms with Crippen LogP contribution in [0.25, 0.3) is 0 Å². The van der Waals surface area contributed by atoms with Crippen LogP contribution < -0.4 is 0 Å². The summed E-state index contributed by atoms with van der Waals surface area (Å²) in [5, 5.41) is 0. The minimum atomic E-state index is -0.426. The van der Waals surface area contributed by atoms with Crippen molar-refractivity contribution in [2.45, 2.75) is 58.1 Å². The highest BCUT2D eigenvalue weighted by Crippen LogP contribution is 2.23. The number of rotatable bonds is 2. The van der Waals surface area contributed by atoms with E-state index in [0.29, 0.717) is 0 Å². The number of likely N-dealkylation sites (tertiary alicyclic amines) is 1. The lowest BCUT2D eigenvalue weighted by atomic mass is 10.1. The normalized spacial score (nSPS) is 19.4. The SMILES string of the molecule is CC(C)(C)OC(=O)N1CCC[C@@H]1CCC#C/C=C\Br. The number of hydrogen-bond acceptors (Lipinski definition) is 2. The van der Waals surface area contributed by atoms with Crippen LogP contribution in [0, 0.1) is 11.8 Å². The van der Waals surface area contributed by atoms with Gasteiger partial charge in [0.15, 0.2) is 0 Å². The summed E-state index contributed by atoms with van der Waals surface area (Å²) in [6.45, 7) is 6.49. The highest BCUT2D eigenvalue weighted by molar-refractivity contribution is 9.11. The predicted molar refractivity (Wildman–Crippen MR) is 81.0 cm³/mol. The molecule has 0 aromatic heterocycles. The molecule has 1 heterocycles. The predicted octanol–water partition coefficient (Wildman–Crippen LogP) is 4.08. The lowest BCUT2D eigenvalue weighted by Gasteiger charge is -2.28. The average molecular weight is 328 g/mol. The smallest absolute Gasteiger partial charge is 0.410 e. The lowest BCUT2D eigenvalue weighted by molar-refractivity contribution is 0.0221. The van der Waals surface area contributed by atoms with E-state index in [2.05, 4.69) is 27.8 Å². The van der Waals surface area contributed by atoms with Crippen LogP contribution in [0.5, 0.6) is 0 Å². The van der Waals surface area contributed by atoms with Gasteiger partial charge in [-0.2, -0.15) is 0 Å². The summed E-state index contributed by atoms with van der Waals surface area (Å²) in [4.78, 5) is 15.6. The number of hydrogen-bond donors (Lipinski definition) is 0. The second kappa shape index (κ2) is 7.59. The Morgan fingerprint density at radius 3 is 2.89 bits per heavy atom. The van der Waals surface area contributed by atoms with Crippen molar-refractivity contribution in [2.75, 3.05) is 6.54 Å². The first-order valence-electron chi connectivity index (χ1n) is 6.67. The zero-order valence-electron chi connectivity index (χ0n) is 11.9. The molecule has 3 nitrogen and oxygen atoms in total. The van der Waals surface area contributed by atoms with Gasteiger partial charge in [-0.3, -0.25) is 0 Å². The van der Waals surface area contributed by atoms with Gasteiger partial charge in [0.1, 0.15) is 5.60 Å². The van der Waals surface area contributed by atoms with Gasteiger partial charge in [0.25, 0.3) is 0 Å². The van der Waals surface area contributed by atoms with Crippen LogP contribution in [0.4, 0.5) is 4.79 Å². The summed E-state index contributed by atoms with van der Waals surface area (Å²) >= 11 is 3.17. The van der Waals surface area contributed by atoms with Crippen molar-refractivity contribution in [1.82, 2.24) is 4.90 Å². The third kappa shape index (κ3) is 6.15. The van der Waals surface area contributed by atoms with Gasteiger partial charge in [-0.1, -0.05) is 27.8 Å². The zero-order chi connectivity index (χ0) is 14.3. The van der Waals surface area contributed by atoms with Crippen molar-refractivity contribution in [3.8, 4) is 11.8 Å². The van der Waals surface area contributed by atoms with Crippen LogP contribution >= 0.6 is 15.9 Å². The number of halogens is 1. The first-order valence-corrected chi connectivity index (χ1v) is 7.59. The number of amides is 1. The van der Waals surface area contributed by atoms with Crippen molar-refractivity contribution in [1.29, 1.82) is 0 Å². The van der Waals surface area contributed by atoms with Gasteiger partial charge in [-0.15, -0.1) is 0 Å². The average Bonchev–Trinajstić information content (AvgIpc) is 2.75. The molecule has 1 aliphatic heterocycles. The molecule has 0 aromatic carbocycles. The van der Waals surface area contributed by atoms with E-state index in [1.807, 2.05) is 25.7 Å². The number of nitrogens with zero attached hydrogens (tertiary/aromatic N) is 1. The van der Waals surface area contributed by atoms with Crippen molar-refractivity contribution < 1.29 is 9.53 Å². The van der Waals surface area contributed by atoms with Crippen LogP contribution in [0.3, 0.4) is 0 Å². The Balaban J connectivity index is 2.46. The zero-order valence-corrected chi connectivity index (χ0v) is 13.5. The number of allylic oxidation sites excluding steroid dienone is 1. The number of carbonyl (C=O) groups is 1. The van der Waals surface area contributed by atoms with Gasteiger partial charge in [0.2, 0.25) is 0 Å². The van der Waals surface area contributed by atoms with E-state index in [4.69, 9.17) is 4.74 Å². The standard InChI is InChI=1S/C15H22BrNO2/c1-15(2,3)19-14(18)17-12-8-10-13(17)9-6-4-5-7-11-16/h7,11,13H,6,8-10,12H2,1-3H3/b11-7-/t13-/m0/s1. The highest BCUT2D eigenvalue weighted by Gasteiger charge is 2.31. The minimum Gasteiger partial charge on any atom is -0.444 e.